The van der Waals surface area contributed by atoms with Gasteiger partial charge in [0.15, 0.2) is 0 Å². The SMILES string of the molecule is CC(C(=O)O)N1C(=O)C(c2ccccc2)Nc2cc(F)ccc21. The molecule has 0 aromatic heterocycles. The van der Waals surface area contributed by atoms with Crippen LogP contribution in [-0.2, 0) is 9.59 Å². The second kappa shape index (κ2) is 5.72. The van der Waals surface area contributed by atoms with Crippen LogP contribution in [0.5, 0.6) is 0 Å². The van der Waals surface area contributed by atoms with Crippen LogP contribution in [-0.4, -0.2) is 23.0 Å². The second-order valence-electron chi connectivity index (χ2n) is 5.37. The highest BCUT2D eigenvalue weighted by Gasteiger charge is 2.38. The Morgan fingerprint density at radius 3 is 2.61 bits per heavy atom. The molecular weight excluding hydrogens is 299 g/mol. The molecule has 0 saturated heterocycles. The number of benzene rings is 2. The number of aliphatic carboxylic acids is 1. The number of hydrogen-bond donors (Lipinski definition) is 2. The molecule has 0 aliphatic carbocycles. The molecule has 5 nitrogen and oxygen atoms in total. The number of anilines is 2. The summed E-state index contributed by atoms with van der Waals surface area (Å²) in [6.07, 6.45) is 0. The average Bonchev–Trinajstić information content (AvgIpc) is 2.54. The number of hydrogen-bond acceptors (Lipinski definition) is 3. The van der Waals surface area contributed by atoms with Crippen molar-refractivity contribution >= 4 is 23.3 Å². The largest absolute Gasteiger partial charge is 0.480 e. The molecule has 6 heteroatoms. The van der Waals surface area contributed by atoms with Crippen molar-refractivity contribution in [3.8, 4) is 0 Å². The molecule has 0 saturated carbocycles. The number of amides is 1. The Kier molecular flexibility index (Phi) is 3.73. The van der Waals surface area contributed by atoms with Gasteiger partial charge in [-0.05, 0) is 30.7 Å². The van der Waals surface area contributed by atoms with Gasteiger partial charge in [0.05, 0.1) is 11.4 Å². The zero-order valence-corrected chi connectivity index (χ0v) is 12.4. The van der Waals surface area contributed by atoms with Crippen LogP contribution < -0.4 is 10.2 Å². The van der Waals surface area contributed by atoms with Gasteiger partial charge in [0.1, 0.15) is 17.9 Å². The maximum absolute atomic E-state index is 13.5. The normalized spacial score (nSPS) is 18.1. The van der Waals surface area contributed by atoms with E-state index in [1.807, 2.05) is 6.07 Å². The minimum Gasteiger partial charge on any atom is -0.480 e. The molecule has 1 amide bonds. The maximum atomic E-state index is 13.5. The summed E-state index contributed by atoms with van der Waals surface area (Å²) in [5, 5.41) is 12.3. The van der Waals surface area contributed by atoms with Crippen molar-refractivity contribution in [2.75, 3.05) is 10.2 Å². The van der Waals surface area contributed by atoms with Crippen molar-refractivity contribution in [3.05, 3.63) is 59.9 Å². The molecule has 2 N–H and O–H groups in total. The zero-order chi connectivity index (χ0) is 16.6. The Balaban J connectivity index is 2.11. The fourth-order valence-electron chi connectivity index (χ4n) is 2.69. The van der Waals surface area contributed by atoms with Gasteiger partial charge in [-0.15, -0.1) is 0 Å². The van der Waals surface area contributed by atoms with Crippen molar-refractivity contribution < 1.29 is 19.1 Å². The third-order valence-electron chi connectivity index (χ3n) is 3.88. The van der Waals surface area contributed by atoms with E-state index >= 15 is 0 Å². The minimum absolute atomic E-state index is 0.360. The van der Waals surface area contributed by atoms with Crippen LogP contribution in [0.1, 0.15) is 18.5 Å². The first kappa shape index (κ1) is 15.0. The van der Waals surface area contributed by atoms with Crippen molar-refractivity contribution in [2.45, 2.75) is 19.0 Å². The number of nitrogens with one attached hydrogen (secondary N) is 1. The van der Waals surface area contributed by atoms with Gasteiger partial charge in [-0.2, -0.15) is 0 Å². The van der Waals surface area contributed by atoms with Gasteiger partial charge < -0.3 is 10.4 Å². The molecule has 2 atom stereocenters. The smallest absolute Gasteiger partial charge is 0.326 e. The van der Waals surface area contributed by atoms with Crippen LogP contribution in [0.4, 0.5) is 15.8 Å². The molecule has 118 valence electrons. The molecule has 1 aliphatic heterocycles. The molecule has 1 heterocycles. The summed E-state index contributed by atoms with van der Waals surface area (Å²) in [5.74, 6) is -1.96. The van der Waals surface area contributed by atoms with E-state index in [-0.39, 0.29) is 5.91 Å². The predicted molar refractivity (Wildman–Crippen MR) is 83.8 cm³/mol. The molecule has 0 fully saturated rings. The monoisotopic (exact) mass is 314 g/mol. The van der Waals surface area contributed by atoms with Crippen LogP contribution in [0.15, 0.2) is 48.5 Å². The molecule has 2 aromatic rings. The van der Waals surface area contributed by atoms with Crippen LogP contribution in [0.2, 0.25) is 0 Å². The summed E-state index contributed by atoms with van der Waals surface area (Å²) in [6.45, 7) is 1.43. The quantitative estimate of drug-likeness (QED) is 0.914. The van der Waals surface area contributed by atoms with Gasteiger partial charge in [0.25, 0.3) is 5.91 Å². The fraction of sp³-hybridized carbons (Fsp3) is 0.176. The molecule has 0 bridgehead atoms. The van der Waals surface area contributed by atoms with Gasteiger partial charge in [-0.3, -0.25) is 9.69 Å². The standard InChI is InChI=1S/C17H15FN2O3/c1-10(17(22)23)20-14-8-7-12(18)9-13(14)19-15(16(20)21)11-5-3-2-4-6-11/h2-10,15,19H,1H3,(H,22,23). The number of carboxylic acids is 1. The highest BCUT2D eigenvalue weighted by molar-refractivity contribution is 6.08. The average molecular weight is 314 g/mol. The summed E-state index contributed by atoms with van der Waals surface area (Å²) < 4.78 is 13.5. The summed E-state index contributed by atoms with van der Waals surface area (Å²) >= 11 is 0. The van der Waals surface area contributed by atoms with E-state index in [4.69, 9.17) is 0 Å². The van der Waals surface area contributed by atoms with Gasteiger partial charge in [0, 0.05) is 0 Å². The highest BCUT2D eigenvalue weighted by Crippen LogP contribution is 2.38. The topological polar surface area (TPSA) is 69.6 Å². The van der Waals surface area contributed by atoms with E-state index in [2.05, 4.69) is 5.32 Å². The minimum atomic E-state index is -1.12. The van der Waals surface area contributed by atoms with Crippen molar-refractivity contribution in [1.29, 1.82) is 0 Å². The molecule has 2 unspecified atom stereocenters. The summed E-state index contributed by atoms with van der Waals surface area (Å²) in [6, 6.07) is 11.0. The number of nitrogens with zero attached hydrogens (tertiary/aromatic N) is 1. The third kappa shape index (κ3) is 2.63. The van der Waals surface area contributed by atoms with E-state index in [0.29, 0.717) is 16.9 Å². The maximum Gasteiger partial charge on any atom is 0.326 e. The lowest BCUT2D eigenvalue weighted by molar-refractivity contribution is -0.139. The zero-order valence-electron chi connectivity index (χ0n) is 12.4. The van der Waals surface area contributed by atoms with Crippen LogP contribution in [0, 0.1) is 5.82 Å². The summed E-state index contributed by atoms with van der Waals surface area (Å²) in [4.78, 5) is 25.4. The number of carbonyl (C=O) groups is 2. The molecule has 23 heavy (non-hydrogen) atoms. The van der Waals surface area contributed by atoms with Gasteiger partial charge in [0.2, 0.25) is 0 Å². The lowest BCUT2D eigenvalue weighted by Gasteiger charge is -2.37. The second-order valence-corrected chi connectivity index (χ2v) is 5.37. The molecule has 1 aliphatic rings. The Bertz CT molecular complexity index is 764. The van der Waals surface area contributed by atoms with Gasteiger partial charge in [-0.25, -0.2) is 9.18 Å². The Hall–Kier alpha value is -2.89. The number of halogens is 1. The van der Waals surface area contributed by atoms with Crippen LogP contribution in [0.25, 0.3) is 0 Å². The number of carboxylic acid groups (broad SMARTS) is 1. The molecule has 3 rings (SSSR count). The first-order chi connectivity index (χ1) is 11.0. The lowest BCUT2D eigenvalue weighted by atomic mass is 10.00. The van der Waals surface area contributed by atoms with Crippen molar-refractivity contribution in [2.24, 2.45) is 0 Å². The number of rotatable bonds is 3. The van der Waals surface area contributed by atoms with Crippen molar-refractivity contribution in [3.63, 3.8) is 0 Å². The number of fused-ring (bicyclic) bond motifs is 1. The van der Waals surface area contributed by atoms with Crippen molar-refractivity contribution in [1.82, 2.24) is 0 Å². The van der Waals surface area contributed by atoms with E-state index < -0.39 is 23.9 Å². The first-order valence-corrected chi connectivity index (χ1v) is 7.16. The molecule has 0 radical (unpaired) electrons. The summed E-state index contributed by atoms with van der Waals surface area (Å²) in [7, 11) is 0. The highest BCUT2D eigenvalue weighted by atomic mass is 19.1. The molecule has 2 aromatic carbocycles. The fourth-order valence-corrected chi connectivity index (χ4v) is 2.69. The van der Waals surface area contributed by atoms with Crippen LogP contribution in [0.3, 0.4) is 0 Å². The van der Waals surface area contributed by atoms with E-state index in [1.165, 1.54) is 30.0 Å². The summed E-state index contributed by atoms with van der Waals surface area (Å²) in [5.41, 5.74) is 1.44. The molecule has 0 spiro atoms. The Labute approximate surface area is 132 Å². The Morgan fingerprint density at radius 2 is 1.96 bits per heavy atom. The third-order valence-corrected chi connectivity index (χ3v) is 3.88. The lowest BCUT2D eigenvalue weighted by Crippen LogP contribution is -2.50. The van der Waals surface area contributed by atoms with Gasteiger partial charge in [-0.1, -0.05) is 30.3 Å². The van der Waals surface area contributed by atoms with E-state index in [9.17, 15) is 19.1 Å². The van der Waals surface area contributed by atoms with Crippen LogP contribution >= 0.6 is 0 Å². The number of carbonyl (C=O) groups excluding carboxylic acids is 1. The molecular formula is C17H15FN2O3. The van der Waals surface area contributed by atoms with E-state index in [1.54, 1.807) is 24.3 Å². The van der Waals surface area contributed by atoms with Gasteiger partial charge >= 0.3 is 5.97 Å². The van der Waals surface area contributed by atoms with E-state index in [0.717, 1.165) is 0 Å². The predicted octanol–water partition coefficient (Wildman–Crippen LogP) is 2.80. The first-order valence-electron chi connectivity index (χ1n) is 7.16. The Morgan fingerprint density at radius 1 is 1.26 bits per heavy atom.